The van der Waals surface area contributed by atoms with Gasteiger partial charge in [0.25, 0.3) is 0 Å². The van der Waals surface area contributed by atoms with E-state index in [2.05, 4.69) is 23.7 Å². The molecule has 1 saturated heterocycles. The molecule has 0 unspecified atom stereocenters. The van der Waals surface area contributed by atoms with Crippen molar-refractivity contribution in [2.45, 2.75) is 50.7 Å². The van der Waals surface area contributed by atoms with Crippen molar-refractivity contribution in [1.82, 2.24) is 4.90 Å². The maximum absolute atomic E-state index is 2.47. The minimum absolute atomic E-state index is 0.688. The van der Waals surface area contributed by atoms with Crippen molar-refractivity contribution in [3.05, 3.63) is 0 Å². The second-order valence-electron chi connectivity index (χ2n) is 4.03. The molecule has 78 valence electrons. The summed E-state index contributed by atoms with van der Waals surface area (Å²) < 4.78 is 0.688. The highest BCUT2D eigenvalue weighted by atomic mass is 32.2. The third-order valence-corrected chi connectivity index (χ3v) is 4.63. The molecule has 1 aliphatic carbocycles. The lowest BCUT2D eigenvalue weighted by Gasteiger charge is -2.31. The van der Waals surface area contributed by atoms with E-state index in [1.165, 1.54) is 44.5 Å². The summed E-state index contributed by atoms with van der Waals surface area (Å²) in [6.07, 6.45) is 7.37. The van der Waals surface area contributed by atoms with Crippen LogP contribution >= 0.6 is 11.8 Å². The normalized spacial score (nSPS) is 27.0. The molecule has 0 aromatic rings. The number of nitrogens with zero attached hydrogens (tertiary/aromatic N) is 1. The van der Waals surface area contributed by atoms with Crippen LogP contribution in [0.2, 0.25) is 0 Å². The van der Waals surface area contributed by atoms with Gasteiger partial charge in [0.2, 0.25) is 0 Å². The molecule has 2 aliphatic rings. The van der Waals surface area contributed by atoms with Crippen LogP contribution in [-0.4, -0.2) is 29.1 Å². The molecule has 1 saturated carbocycles. The van der Waals surface area contributed by atoms with Gasteiger partial charge in [0.15, 0.2) is 0 Å². The molecular formula is C11H23NS. The molecule has 1 heterocycles. The Hall–Kier alpha value is 0.310. The molecule has 0 radical (unpaired) electrons. The van der Waals surface area contributed by atoms with Crippen molar-refractivity contribution in [3.63, 3.8) is 0 Å². The van der Waals surface area contributed by atoms with Crippen LogP contribution in [0.5, 0.6) is 0 Å². The molecule has 0 atom stereocenters. The van der Waals surface area contributed by atoms with E-state index in [9.17, 15) is 0 Å². The zero-order valence-corrected chi connectivity index (χ0v) is 10.1. The summed E-state index contributed by atoms with van der Waals surface area (Å²) in [5, 5.41) is 0. The Bertz CT molecular complexity index is 136. The molecule has 1 nitrogen and oxygen atoms in total. The molecule has 0 aromatic carbocycles. The van der Waals surface area contributed by atoms with Gasteiger partial charge in [0.05, 0.1) is 0 Å². The van der Waals surface area contributed by atoms with Crippen molar-refractivity contribution in [2.75, 3.05) is 19.5 Å². The van der Waals surface area contributed by atoms with Gasteiger partial charge in [-0.15, -0.1) is 11.8 Å². The van der Waals surface area contributed by atoms with E-state index >= 15 is 0 Å². The lowest BCUT2D eigenvalue weighted by Crippen LogP contribution is -2.32. The molecule has 2 rings (SSSR count). The van der Waals surface area contributed by atoms with Gasteiger partial charge in [0.1, 0.15) is 0 Å². The third kappa shape index (κ3) is 2.88. The number of hydrogen-bond acceptors (Lipinski definition) is 2. The van der Waals surface area contributed by atoms with E-state index in [1.54, 1.807) is 0 Å². The topological polar surface area (TPSA) is 3.24 Å². The van der Waals surface area contributed by atoms with Crippen LogP contribution in [0.25, 0.3) is 0 Å². The summed E-state index contributed by atoms with van der Waals surface area (Å²) in [6, 6.07) is 0. The fraction of sp³-hybridized carbons (Fsp3) is 1.00. The van der Waals surface area contributed by atoms with E-state index in [1.807, 2.05) is 13.8 Å². The molecule has 0 bridgehead atoms. The zero-order chi connectivity index (χ0) is 9.73. The van der Waals surface area contributed by atoms with Gasteiger partial charge in [-0.2, -0.15) is 0 Å². The summed E-state index contributed by atoms with van der Waals surface area (Å²) in [5.74, 6) is 1.26. The van der Waals surface area contributed by atoms with Crippen LogP contribution in [0, 0.1) is 0 Å². The Morgan fingerprint density at radius 2 is 1.69 bits per heavy atom. The molecule has 1 aliphatic heterocycles. The smallest absolute Gasteiger partial charge is 0.0447 e. The molecular weight excluding hydrogens is 178 g/mol. The zero-order valence-electron chi connectivity index (χ0n) is 9.31. The fourth-order valence-corrected chi connectivity index (χ4v) is 3.80. The van der Waals surface area contributed by atoms with E-state index in [4.69, 9.17) is 0 Å². The lowest BCUT2D eigenvalue weighted by atomic mass is 9.88. The molecule has 0 amide bonds. The van der Waals surface area contributed by atoms with E-state index in [-0.39, 0.29) is 0 Å². The monoisotopic (exact) mass is 201 g/mol. The summed E-state index contributed by atoms with van der Waals surface area (Å²) in [7, 11) is 2.25. The van der Waals surface area contributed by atoms with Crippen molar-refractivity contribution < 1.29 is 0 Å². The van der Waals surface area contributed by atoms with Crippen LogP contribution in [0.15, 0.2) is 0 Å². The Morgan fingerprint density at radius 1 is 1.08 bits per heavy atom. The van der Waals surface area contributed by atoms with Gasteiger partial charge in [-0.05, 0) is 19.9 Å². The first-order valence-corrected chi connectivity index (χ1v) is 6.62. The summed E-state index contributed by atoms with van der Waals surface area (Å²) in [6.45, 7) is 5.34. The number of hydrogen-bond donors (Lipinski definition) is 0. The summed E-state index contributed by atoms with van der Waals surface area (Å²) >= 11 is 2.20. The lowest BCUT2D eigenvalue weighted by molar-refractivity contribution is 0.312. The highest BCUT2D eigenvalue weighted by Gasteiger charge is 2.37. The van der Waals surface area contributed by atoms with Gasteiger partial charge in [-0.3, -0.25) is 4.90 Å². The second-order valence-corrected chi connectivity index (χ2v) is 5.44. The first-order chi connectivity index (χ1) is 6.31. The minimum atomic E-state index is 0.688. The molecule has 2 heteroatoms. The first kappa shape index (κ1) is 11.4. The molecule has 2 fully saturated rings. The van der Waals surface area contributed by atoms with Crippen LogP contribution < -0.4 is 0 Å². The second kappa shape index (κ2) is 5.26. The predicted octanol–water partition coefficient (Wildman–Crippen LogP) is 3.35. The average molecular weight is 201 g/mol. The summed E-state index contributed by atoms with van der Waals surface area (Å²) in [4.78, 5) is 2.47. The molecule has 0 N–H and O–H groups in total. The van der Waals surface area contributed by atoms with E-state index < -0.39 is 0 Å². The van der Waals surface area contributed by atoms with Crippen LogP contribution in [0.3, 0.4) is 0 Å². The largest absolute Gasteiger partial charge is 0.296 e. The average Bonchev–Trinajstić information content (AvgIpc) is 2.52. The van der Waals surface area contributed by atoms with Crippen LogP contribution in [0.1, 0.15) is 46.0 Å². The number of thioether (sulfide) groups is 1. The quantitative estimate of drug-likeness (QED) is 0.591. The van der Waals surface area contributed by atoms with Crippen molar-refractivity contribution >= 4 is 11.8 Å². The highest BCUT2D eigenvalue weighted by Crippen LogP contribution is 2.44. The third-order valence-electron chi connectivity index (χ3n) is 2.91. The standard InChI is InChI=1S/C9H17NS.C2H6/c1-10-7-9(11-8-10)5-3-2-4-6-9;1-2/h2-8H2,1H3;1-2H3. The van der Waals surface area contributed by atoms with Crippen LogP contribution in [0.4, 0.5) is 0 Å². The van der Waals surface area contributed by atoms with Gasteiger partial charge < -0.3 is 0 Å². The maximum atomic E-state index is 2.47. The fourth-order valence-electron chi connectivity index (χ4n) is 2.33. The van der Waals surface area contributed by atoms with Crippen molar-refractivity contribution in [1.29, 1.82) is 0 Å². The maximum Gasteiger partial charge on any atom is 0.0447 e. The first-order valence-electron chi connectivity index (χ1n) is 5.63. The van der Waals surface area contributed by atoms with Crippen molar-refractivity contribution in [2.24, 2.45) is 0 Å². The number of rotatable bonds is 0. The van der Waals surface area contributed by atoms with Gasteiger partial charge in [-0.25, -0.2) is 0 Å². The Morgan fingerprint density at radius 3 is 2.15 bits per heavy atom. The molecule has 13 heavy (non-hydrogen) atoms. The molecule has 1 spiro atoms. The summed E-state index contributed by atoms with van der Waals surface area (Å²) in [5.41, 5.74) is 0. The predicted molar refractivity (Wildman–Crippen MR) is 62.3 cm³/mol. The Labute approximate surface area is 87.3 Å². The van der Waals surface area contributed by atoms with Gasteiger partial charge in [-0.1, -0.05) is 33.1 Å². The van der Waals surface area contributed by atoms with Gasteiger partial charge >= 0.3 is 0 Å². The molecule has 0 aromatic heterocycles. The minimum Gasteiger partial charge on any atom is -0.296 e. The highest BCUT2D eigenvalue weighted by molar-refractivity contribution is 8.00. The van der Waals surface area contributed by atoms with E-state index in [0.29, 0.717) is 4.75 Å². The SMILES string of the molecule is CC.CN1CSC2(CCCCC2)C1. The van der Waals surface area contributed by atoms with Crippen LogP contribution in [-0.2, 0) is 0 Å². The Kier molecular flexibility index (Phi) is 4.60. The van der Waals surface area contributed by atoms with E-state index in [0.717, 1.165) is 0 Å². The Balaban J connectivity index is 0.000000396. The van der Waals surface area contributed by atoms with Crippen molar-refractivity contribution in [3.8, 4) is 0 Å². The van der Waals surface area contributed by atoms with Gasteiger partial charge in [0, 0.05) is 17.2 Å².